The third-order valence-corrected chi connectivity index (χ3v) is 6.72. The molecule has 4 rings (SSSR count). The van der Waals surface area contributed by atoms with Gasteiger partial charge in [0.25, 0.3) is 0 Å². The number of anilines is 2. The number of hydrogen-bond donors (Lipinski definition) is 1. The number of nitrogens with one attached hydrogen (secondary N) is 1. The molecular formula is C25H31N5O2S. The lowest BCUT2D eigenvalue weighted by atomic mass is 9.98. The van der Waals surface area contributed by atoms with Crippen molar-refractivity contribution in [2.24, 2.45) is 0 Å². The summed E-state index contributed by atoms with van der Waals surface area (Å²) >= 11 is 1.40. The lowest BCUT2D eigenvalue weighted by Crippen LogP contribution is -2.38. The summed E-state index contributed by atoms with van der Waals surface area (Å²) in [5.74, 6) is 1.31. The van der Waals surface area contributed by atoms with Crippen LogP contribution in [-0.4, -0.2) is 52.7 Å². The predicted molar refractivity (Wildman–Crippen MR) is 134 cm³/mol. The highest BCUT2D eigenvalue weighted by atomic mass is 32.2. The molecule has 2 aromatic carbocycles. The molecule has 1 aromatic heterocycles. The molecular weight excluding hydrogens is 434 g/mol. The Morgan fingerprint density at radius 2 is 1.79 bits per heavy atom. The molecule has 0 saturated carbocycles. The average Bonchev–Trinajstić information content (AvgIpc) is 3.23. The number of amides is 1. The van der Waals surface area contributed by atoms with Gasteiger partial charge in [0.05, 0.1) is 24.7 Å². The zero-order valence-electron chi connectivity index (χ0n) is 19.7. The van der Waals surface area contributed by atoms with Crippen molar-refractivity contribution in [3.63, 3.8) is 0 Å². The van der Waals surface area contributed by atoms with Gasteiger partial charge >= 0.3 is 0 Å². The fraction of sp³-hybridized carbons (Fsp3) is 0.400. The first-order chi connectivity index (χ1) is 16.0. The van der Waals surface area contributed by atoms with Gasteiger partial charge in [0, 0.05) is 18.8 Å². The fourth-order valence-corrected chi connectivity index (χ4v) is 4.74. The Kier molecular flexibility index (Phi) is 7.35. The van der Waals surface area contributed by atoms with Gasteiger partial charge in [-0.1, -0.05) is 62.0 Å². The minimum Gasteiger partial charge on any atom is -0.378 e. The van der Waals surface area contributed by atoms with E-state index in [1.54, 1.807) is 0 Å². The number of morpholine rings is 1. The lowest BCUT2D eigenvalue weighted by molar-refractivity contribution is -0.113. The highest BCUT2D eigenvalue weighted by Gasteiger charge is 2.23. The summed E-state index contributed by atoms with van der Waals surface area (Å²) in [4.78, 5) is 15.1. The van der Waals surface area contributed by atoms with Gasteiger partial charge in [0.2, 0.25) is 11.9 Å². The van der Waals surface area contributed by atoms with Gasteiger partial charge in [-0.3, -0.25) is 9.36 Å². The molecule has 174 valence electrons. The van der Waals surface area contributed by atoms with Crippen LogP contribution in [0.25, 0.3) is 5.69 Å². The molecule has 33 heavy (non-hydrogen) atoms. The third kappa shape index (κ3) is 5.23. The van der Waals surface area contributed by atoms with Crippen LogP contribution < -0.4 is 10.2 Å². The van der Waals surface area contributed by atoms with Gasteiger partial charge in [-0.25, -0.2) is 0 Å². The Bertz CT molecular complexity index is 1120. The highest BCUT2D eigenvalue weighted by Crippen LogP contribution is 2.30. The number of nitrogens with zero attached hydrogens (tertiary/aromatic N) is 4. The quantitative estimate of drug-likeness (QED) is 0.515. The van der Waals surface area contributed by atoms with E-state index in [1.165, 1.54) is 11.8 Å². The summed E-state index contributed by atoms with van der Waals surface area (Å²) in [6.07, 6.45) is 0. The van der Waals surface area contributed by atoms with Gasteiger partial charge in [-0.15, -0.1) is 10.2 Å². The van der Waals surface area contributed by atoms with Gasteiger partial charge in [0.1, 0.15) is 0 Å². The molecule has 1 amide bonds. The molecule has 0 radical (unpaired) electrons. The number of aryl methyl sites for hydroxylation is 2. The normalized spacial score (nSPS) is 14.0. The van der Waals surface area contributed by atoms with Crippen molar-refractivity contribution in [2.75, 3.05) is 42.3 Å². The molecule has 0 atom stereocenters. The van der Waals surface area contributed by atoms with Crippen molar-refractivity contribution in [3.05, 3.63) is 59.2 Å². The smallest absolute Gasteiger partial charge is 0.234 e. The topological polar surface area (TPSA) is 72.3 Å². The molecule has 1 saturated heterocycles. The summed E-state index contributed by atoms with van der Waals surface area (Å²) in [7, 11) is 0. The SMILES string of the molecule is Cc1ccccc1-n1c(SCC(=O)Nc2c(C)cccc2C(C)C)nnc1N1CCOCC1. The molecule has 8 heteroatoms. The van der Waals surface area contributed by atoms with Crippen LogP contribution in [-0.2, 0) is 9.53 Å². The Hall–Kier alpha value is -2.84. The maximum absolute atomic E-state index is 12.9. The summed E-state index contributed by atoms with van der Waals surface area (Å²) in [5.41, 5.74) is 5.27. The molecule has 2 heterocycles. The summed E-state index contributed by atoms with van der Waals surface area (Å²) < 4.78 is 7.57. The Morgan fingerprint density at radius 1 is 1.06 bits per heavy atom. The van der Waals surface area contributed by atoms with E-state index < -0.39 is 0 Å². The molecule has 0 aliphatic carbocycles. The average molecular weight is 466 g/mol. The number of ether oxygens (including phenoxy) is 1. The van der Waals surface area contributed by atoms with E-state index in [2.05, 4.69) is 64.0 Å². The molecule has 0 unspecified atom stereocenters. The first-order valence-corrected chi connectivity index (χ1v) is 12.3. The van der Waals surface area contributed by atoms with E-state index in [4.69, 9.17) is 4.74 Å². The second kappa shape index (κ2) is 10.4. The van der Waals surface area contributed by atoms with E-state index in [0.717, 1.165) is 47.1 Å². The van der Waals surface area contributed by atoms with Crippen molar-refractivity contribution in [3.8, 4) is 5.69 Å². The van der Waals surface area contributed by atoms with E-state index in [1.807, 2.05) is 31.2 Å². The number of carbonyl (C=O) groups excluding carboxylic acids is 1. The zero-order valence-corrected chi connectivity index (χ0v) is 20.5. The summed E-state index contributed by atoms with van der Waals surface area (Å²) in [6.45, 7) is 11.2. The van der Waals surface area contributed by atoms with Gasteiger partial charge in [0.15, 0.2) is 5.16 Å². The number of aromatic nitrogens is 3. The van der Waals surface area contributed by atoms with Crippen LogP contribution in [0.1, 0.15) is 36.5 Å². The largest absolute Gasteiger partial charge is 0.378 e. The van der Waals surface area contributed by atoms with Crippen molar-refractivity contribution < 1.29 is 9.53 Å². The molecule has 1 N–H and O–H groups in total. The van der Waals surface area contributed by atoms with E-state index in [0.29, 0.717) is 24.3 Å². The first-order valence-electron chi connectivity index (χ1n) is 11.3. The molecule has 7 nitrogen and oxygen atoms in total. The monoisotopic (exact) mass is 465 g/mol. The minimum atomic E-state index is -0.0524. The number of rotatable bonds is 7. The number of hydrogen-bond acceptors (Lipinski definition) is 6. The van der Waals surface area contributed by atoms with E-state index in [-0.39, 0.29) is 11.7 Å². The standard InChI is InChI=1S/C25H31N5O2S/c1-17(2)20-10-7-9-19(4)23(20)26-22(31)16-33-25-28-27-24(29-12-14-32-15-13-29)30(25)21-11-6-5-8-18(21)3/h5-11,17H,12-16H2,1-4H3,(H,26,31). The number of para-hydroxylation sites is 2. The van der Waals surface area contributed by atoms with Crippen molar-refractivity contribution in [2.45, 2.75) is 38.8 Å². The Labute approximate surface area is 199 Å². The van der Waals surface area contributed by atoms with Crippen molar-refractivity contribution in [1.29, 1.82) is 0 Å². The summed E-state index contributed by atoms with van der Waals surface area (Å²) in [6, 6.07) is 14.3. The number of benzene rings is 2. The Balaban J connectivity index is 1.57. The van der Waals surface area contributed by atoms with Crippen LogP contribution in [0.2, 0.25) is 0 Å². The van der Waals surface area contributed by atoms with Gasteiger partial charge in [-0.2, -0.15) is 0 Å². The molecule has 3 aromatic rings. The molecule has 1 aliphatic rings. The van der Waals surface area contributed by atoms with Crippen LogP contribution in [0.5, 0.6) is 0 Å². The zero-order chi connectivity index (χ0) is 23.4. The van der Waals surface area contributed by atoms with Crippen molar-refractivity contribution >= 4 is 29.3 Å². The number of thioether (sulfide) groups is 1. The summed E-state index contributed by atoms with van der Waals surface area (Å²) in [5, 5.41) is 12.8. The fourth-order valence-electron chi connectivity index (χ4n) is 4.00. The second-order valence-electron chi connectivity index (χ2n) is 8.53. The first kappa shape index (κ1) is 23.3. The number of carbonyl (C=O) groups is 1. The highest BCUT2D eigenvalue weighted by molar-refractivity contribution is 7.99. The van der Waals surface area contributed by atoms with Crippen LogP contribution in [0.15, 0.2) is 47.6 Å². The molecule has 1 fully saturated rings. The van der Waals surface area contributed by atoms with Crippen LogP contribution in [0.3, 0.4) is 0 Å². The molecule has 0 bridgehead atoms. The molecule has 0 spiro atoms. The molecule has 1 aliphatic heterocycles. The van der Waals surface area contributed by atoms with Gasteiger partial charge < -0.3 is 15.0 Å². The Morgan fingerprint density at radius 3 is 2.52 bits per heavy atom. The van der Waals surface area contributed by atoms with Crippen LogP contribution in [0, 0.1) is 13.8 Å². The van der Waals surface area contributed by atoms with Crippen molar-refractivity contribution in [1.82, 2.24) is 14.8 Å². The predicted octanol–water partition coefficient (Wildman–Crippen LogP) is 4.57. The maximum atomic E-state index is 12.9. The van der Waals surface area contributed by atoms with E-state index >= 15 is 0 Å². The third-order valence-electron chi connectivity index (χ3n) is 5.79. The lowest BCUT2D eigenvalue weighted by Gasteiger charge is -2.28. The maximum Gasteiger partial charge on any atom is 0.234 e. The minimum absolute atomic E-state index is 0.0524. The van der Waals surface area contributed by atoms with Crippen LogP contribution >= 0.6 is 11.8 Å². The second-order valence-corrected chi connectivity index (χ2v) is 9.48. The van der Waals surface area contributed by atoms with Crippen LogP contribution in [0.4, 0.5) is 11.6 Å². The van der Waals surface area contributed by atoms with Gasteiger partial charge in [-0.05, 0) is 42.5 Å². The van der Waals surface area contributed by atoms with E-state index in [9.17, 15) is 4.79 Å².